The fourth-order valence-electron chi connectivity index (χ4n) is 1.70. The summed E-state index contributed by atoms with van der Waals surface area (Å²) in [6, 6.07) is 14.7. The van der Waals surface area contributed by atoms with E-state index in [4.69, 9.17) is 5.26 Å². The van der Waals surface area contributed by atoms with Gasteiger partial charge >= 0.3 is 0 Å². The van der Waals surface area contributed by atoms with Crippen LogP contribution in [-0.2, 0) is 4.79 Å². The second-order valence-corrected chi connectivity index (χ2v) is 4.25. The molecule has 0 bridgehead atoms. The lowest BCUT2D eigenvalue weighted by molar-refractivity contribution is -0.112. The minimum atomic E-state index is -0.465. The largest absolute Gasteiger partial charge is 0.306 e. The van der Waals surface area contributed by atoms with Crippen LogP contribution in [0.3, 0.4) is 0 Å². The number of rotatable bonds is 3. The number of aryl methyl sites for hydroxylation is 1. The molecule has 1 aromatic heterocycles. The molecule has 2 aromatic rings. The third kappa shape index (κ3) is 3.53. The Morgan fingerprint density at radius 3 is 2.80 bits per heavy atom. The number of anilines is 1. The molecule has 4 nitrogen and oxygen atoms in total. The summed E-state index contributed by atoms with van der Waals surface area (Å²) in [5, 5.41) is 11.7. The molecule has 1 heterocycles. The Labute approximate surface area is 117 Å². The van der Waals surface area contributed by atoms with E-state index in [0.29, 0.717) is 5.82 Å². The molecule has 1 N–H and O–H groups in total. The van der Waals surface area contributed by atoms with Crippen molar-refractivity contribution in [3.05, 3.63) is 65.4 Å². The van der Waals surface area contributed by atoms with E-state index in [9.17, 15) is 4.79 Å². The Morgan fingerprint density at radius 1 is 1.30 bits per heavy atom. The van der Waals surface area contributed by atoms with Crippen LogP contribution >= 0.6 is 0 Å². The summed E-state index contributed by atoms with van der Waals surface area (Å²) in [5.41, 5.74) is 1.93. The SMILES string of the molecule is Cc1cccc(C=C(C#N)C(=O)Nc2ccccn2)c1. The molecule has 1 amide bonds. The molecule has 0 aliphatic carbocycles. The lowest BCUT2D eigenvalue weighted by Gasteiger charge is -2.03. The van der Waals surface area contributed by atoms with Crippen molar-refractivity contribution in [3.8, 4) is 6.07 Å². The number of nitrogens with one attached hydrogen (secondary N) is 1. The van der Waals surface area contributed by atoms with E-state index >= 15 is 0 Å². The Morgan fingerprint density at radius 2 is 2.15 bits per heavy atom. The maximum absolute atomic E-state index is 12.0. The molecule has 0 atom stereocenters. The number of hydrogen-bond acceptors (Lipinski definition) is 3. The van der Waals surface area contributed by atoms with E-state index in [2.05, 4.69) is 10.3 Å². The van der Waals surface area contributed by atoms with Crippen molar-refractivity contribution in [2.24, 2.45) is 0 Å². The molecule has 4 heteroatoms. The molecule has 20 heavy (non-hydrogen) atoms. The molecule has 98 valence electrons. The Balaban J connectivity index is 2.20. The zero-order chi connectivity index (χ0) is 14.4. The van der Waals surface area contributed by atoms with Crippen molar-refractivity contribution >= 4 is 17.8 Å². The predicted molar refractivity (Wildman–Crippen MR) is 77.6 cm³/mol. The Kier molecular flexibility index (Phi) is 4.25. The summed E-state index contributed by atoms with van der Waals surface area (Å²) in [7, 11) is 0. The minimum absolute atomic E-state index is 0.0428. The quantitative estimate of drug-likeness (QED) is 0.684. The lowest BCUT2D eigenvalue weighted by atomic mass is 10.1. The number of pyridine rings is 1. The third-order valence-corrected chi connectivity index (χ3v) is 2.62. The van der Waals surface area contributed by atoms with Crippen molar-refractivity contribution in [3.63, 3.8) is 0 Å². The van der Waals surface area contributed by atoms with Crippen LogP contribution in [0.4, 0.5) is 5.82 Å². The highest BCUT2D eigenvalue weighted by molar-refractivity contribution is 6.09. The summed E-state index contributed by atoms with van der Waals surface area (Å²) in [4.78, 5) is 16.0. The first-order valence-corrected chi connectivity index (χ1v) is 6.10. The van der Waals surface area contributed by atoms with Crippen molar-refractivity contribution in [2.45, 2.75) is 6.92 Å². The van der Waals surface area contributed by atoms with Crippen molar-refractivity contribution in [2.75, 3.05) is 5.32 Å². The average Bonchev–Trinajstić information content (AvgIpc) is 2.46. The molecule has 0 saturated carbocycles. The van der Waals surface area contributed by atoms with Crippen LogP contribution in [-0.4, -0.2) is 10.9 Å². The molecule has 0 saturated heterocycles. The Hall–Kier alpha value is -2.93. The number of amides is 1. The number of benzene rings is 1. The van der Waals surface area contributed by atoms with E-state index in [-0.39, 0.29) is 5.57 Å². The number of nitriles is 1. The lowest BCUT2D eigenvalue weighted by Crippen LogP contribution is -2.14. The molecule has 0 radical (unpaired) electrons. The highest BCUT2D eigenvalue weighted by atomic mass is 16.1. The van der Waals surface area contributed by atoms with Gasteiger partial charge in [0, 0.05) is 6.20 Å². The van der Waals surface area contributed by atoms with Gasteiger partial charge in [-0.05, 0) is 30.7 Å². The van der Waals surface area contributed by atoms with Crippen molar-refractivity contribution in [1.82, 2.24) is 4.98 Å². The summed E-state index contributed by atoms with van der Waals surface area (Å²) >= 11 is 0. The van der Waals surface area contributed by atoms with Crippen LogP contribution in [0.15, 0.2) is 54.2 Å². The number of carbonyl (C=O) groups is 1. The van der Waals surface area contributed by atoms with Gasteiger partial charge in [0.25, 0.3) is 5.91 Å². The van der Waals surface area contributed by atoms with Gasteiger partial charge in [-0.3, -0.25) is 4.79 Å². The number of nitrogens with zero attached hydrogens (tertiary/aromatic N) is 2. The van der Waals surface area contributed by atoms with Crippen LogP contribution in [0.1, 0.15) is 11.1 Å². The summed E-state index contributed by atoms with van der Waals surface area (Å²) in [6.07, 6.45) is 3.14. The molecule has 0 spiro atoms. The van der Waals surface area contributed by atoms with Gasteiger partial charge in [-0.1, -0.05) is 35.9 Å². The fourth-order valence-corrected chi connectivity index (χ4v) is 1.70. The van der Waals surface area contributed by atoms with E-state index in [1.54, 1.807) is 30.5 Å². The average molecular weight is 263 g/mol. The number of hydrogen-bond donors (Lipinski definition) is 1. The van der Waals surface area contributed by atoms with E-state index < -0.39 is 5.91 Å². The predicted octanol–water partition coefficient (Wildman–Crippen LogP) is 2.94. The molecule has 1 aromatic carbocycles. The van der Waals surface area contributed by atoms with Crippen molar-refractivity contribution in [1.29, 1.82) is 5.26 Å². The highest BCUT2D eigenvalue weighted by Gasteiger charge is 2.09. The zero-order valence-electron chi connectivity index (χ0n) is 11.0. The second kappa shape index (κ2) is 6.30. The van der Waals surface area contributed by atoms with Crippen molar-refractivity contribution < 1.29 is 4.79 Å². The van der Waals surface area contributed by atoms with E-state index in [0.717, 1.165) is 11.1 Å². The second-order valence-electron chi connectivity index (χ2n) is 4.25. The topological polar surface area (TPSA) is 65.8 Å². The number of aromatic nitrogens is 1. The Bertz CT molecular complexity index is 684. The summed E-state index contributed by atoms with van der Waals surface area (Å²) < 4.78 is 0. The summed E-state index contributed by atoms with van der Waals surface area (Å²) in [6.45, 7) is 1.96. The maximum atomic E-state index is 12.0. The molecule has 0 unspecified atom stereocenters. The monoisotopic (exact) mass is 263 g/mol. The normalized spacial score (nSPS) is 10.7. The van der Waals surface area contributed by atoms with Crippen LogP contribution in [0.25, 0.3) is 6.08 Å². The van der Waals surface area contributed by atoms with Crippen LogP contribution in [0.2, 0.25) is 0 Å². The molecule has 0 fully saturated rings. The van der Waals surface area contributed by atoms with Gasteiger partial charge in [0.15, 0.2) is 0 Å². The first-order chi connectivity index (χ1) is 9.69. The van der Waals surface area contributed by atoms with Gasteiger partial charge in [0.2, 0.25) is 0 Å². The maximum Gasteiger partial charge on any atom is 0.267 e. The van der Waals surface area contributed by atoms with E-state index in [1.165, 1.54) is 0 Å². The third-order valence-electron chi connectivity index (χ3n) is 2.62. The van der Waals surface area contributed by atoms with Gasteiger partial charge in [-0.25, -0.2) is 4.98 Å². The number of carbonyl (C=O) groups excluding carboxylic acids is 1. The van der Waals surface area contributed by atoms with Crippen LogP contribution in [0, 0.1) is 18.3 Å². The molecular formula is C16H13N3O. The summed E-state index contributed by atoms with van der Waals surface area (Å²) in [5.74, 6) is -0.0457. The van der Waals surface area contributed by atoms with Gasteiger partial charge in [0.05, 0.1) is 0 Å². The van der Waals surface area contributed by atoms with Crippen LogP contribution < -0.4 is 5.32 Å². The molecule has 2 rings (SSSR count). The molecule has 0 aliphatic heterocycles. The van der Waals surface area contributed by atoms with Crippen LogP contribution in [0.5, 0.6) is 0 Å². The molecule has 0 aliphatic rings. The first kappa shape index (κ1) is 13.5. The van der Waals surface area contributed by atoms with Gasteiger partial charge in [-0.15, -0.1) is 0 Å². The van der Waals surface area contributed by atoms with Gasteiger partial charge < -0.3 is 5.32 Å². The smallest absolute Gasteiger partial charge is 0.267 e. The highest BCUT2D eigenvalue weighted by Crippen LogP contribution is 2.11. The zero-order valence-corrected chi connectivity index (χ0v) is 11.0. The molecular weight excluding hydrogens is 250 g/mol. The standard InChI is InChI=1S/C16H13N3O/c1-12-5-4-6-13(9-12)10-14(11-17)16(20)19-15-7-2-3-8-18-15/h2-10H,1H3,(H,18,19,20). The van der Waals surface area contributed by atoms with Gasteiger partial charge in [-0.2, -0.15) is 5.26 Å². The minimum Gasteiger partial charge on any atom is -0.306 e. The van der Waals surface area contributed by atoms with Gasteiger partial charge in [0.1, 0.15) is 17.5 Å². The fraction of sp³-hybridized carbons (Fsp3) is 0.0625. The van der Waals surface area contributed by atoms with E-state index in [1.807, 2.05) is 37.3 Å². The first-order valence-electron chi connectivity index (χ1n) is 6.10.